The van der Waals surface area contributed by atoms with Gasteiger partial charge in [0.05, 0.1) is 6.57 Å². The van der Waals surface area contributed by atoms with Crippen molar-refractivity contribution in [2.24, 2.45) is 0 Å². The lowest BCUT2D eigenvalue weighted by molar-refractivity contribution is 1.47. The average Bonchev–Trinajstić information content (AvgIpc) is 2.29. The highest BCUT2D eigenvalue weighted by Gasteiger charge is 1.97. The van der Waals surface area contributed by atoms with E-state index in [1.54, 1.807) is 0 Å². The van der Waals surface area contributed by atoms with E-state index in [-0.39, 0.29) is 0 Å². The molecule has 1 nitrogen and oxygen atoms in total. The zero-order valence-corrected chi connectivity index (χ0v) is 8.57. The molecule has 72 valence electrons. The second-order valence-electron chi connectivity index (χ2n) is 3.53. The van der Waals surface area contributed by atoms with Crippen molar-refractivity contribution in [1.29, 1.82) is 0 Å². The maximum atomic E-state index is 6.88. The lowest BCUT2D eigenvalue weighted by Gasteiger charge is -2.02. The van der Waals surface area contributed by atoms with Crippen molar-refractivity contribution in [2.45, 2.75) is 6.92 Å². The predicted molar refractivity (Wildman–Crippen MR) is 62.9 cm³/mol. The number of hydrogen-bond acceptors (Lipinski definition) is 0. The highest BCUT2D eigenvalue weighted by Crippen LogP contribution is 2.23. The highest BCUT2D eigenvalue weighted by atomic mass is 14.6. The fraction of sp³-hybridized carbons (Fsp3) is 0.0714. The average molecular weight is 193 g/mol. The summed E-state index contributed by atoms with van der Waals surface area (Å²) >= 11 is 0. The topological polar surface area (TPSA) is 4.36 Å². The van der Waals surface area contributed by atoms with Crippen LogP contribution in [0.4, 0.5) is 5.69 Å². The first-order valence-electron chi connectivity index (χ1n) is 4.84. The zero-order valence-electron chi connectivity index (χ0n) is 8.57. The molecule has 0 saturated carbocycles. The van der Waals surface area contributed by atoms with Crippen LogP contribution < -0.4 is 0 Å². The van der Waals surface area contributed by atoms with Gasteiger partial charge in [0, 0.05) is 0 Å². The van der Waals surface area contributed by atoms with Crippen molar-refractivity contribution in [1.82, 2.24) is 0 Å². The summed E-state index contributed by atoms with van der Waals surface area (Å²) in [5.74, 6) is 0. The van der Waals surface area contributed by atoms with E-state index in [0.29, 0.717) is 5.69 Å². The van der Waals surface area contributed by atoms with Crippen LogP contribution in [0.3, 0.4) is 0 Å². The lowest BCUT2D eigenvalue weighted by atomic mass is 10.0. The van der Waals surface area contributed by atoms with Crippen LogP contribution >= 0.6 is 0 Å². The molecule has 2 aromatic rings. The molecule has 0 amide bonds. The van der Waals surface area contributed by atoms with E-state index in [2.05, 4.69) is 30.0 Å². The Morgan fingerprint density at radius 2 is 1.67 bits per heavy atom. The molecule has 0 atom stereocenters. The summed E-state index contributed by atoms with van der Waals surface area (Å²) in [6.07, 6.45) is 0. The van der Waals surface area contributed by atoms with Crippen LogP contribution in [0.15, 0.2) is 48.5 Å². The molecule has 0 saturated heterocycles. The number of benzene rings is 2. The van der Waals surface area contributed by atoms with Crippen molar-refractivity contribution < 1.29 is 0 Å². The summed E-state index contributed by atoms with van der Waals surface area (Å²) in [6.45, 7) is 8.96. The Morgan fingerprint density at radius 3 is 2.27 bits per heavy atom. The molecule has 0 aliphatic heterocycles. The molecular formula is C14H11N. The van der Waals surface area contributed by atoms with Crippen LogP contribution in [-0.4, -0.2) is 0 Å². The second kappa shape index (κ2) is 3.98. The van der Waals surface area contributed by atoms with Crippen molar-refractivity contribution in [3.05, 3.63) is 65.5 Å². The lowest BCUT2D eigenvalue weighted by Crippen LogP contribution is -1.78. The van der Waals surface area contributed by atoms with Crippen LogP contribution in [0.5, 0.6) is 0 Å². The standard InChI is InChI=1S/C14H11N/c1-11-4-3-5-13(10-11)12-6-8-14(15-2)9-7-12/h3-10H,1H3. The van der Waals surface area contributed by atoms with Gasteiger partial charge >= 0.3 is 0 Å². The maximum Gasteiger partial charge on any atom is 0.187 e. The molecule has 0 unspecified atom stereocenters. The van der Waals surface area contributed by atoms with Gasteiger partial charge in [-0.25, -0.2) is 4.85 Å². The molecule has 0 N–H and O–H groups in total. The Balaban J connectivity index is 2.42. The normalized spacial score (nSPS) is 9.60. The molecule has 0 aliphatic rings. The molecule has 15 heavy (non-hydrogen) atoms. The SMILES string of the molecule is [C-]#[N+]c1ccc(-c2cccc(C)c2)cc1. The summed E-state index contributed by atoms with van der Waals surface area (Å²) in [5, 5.41) is 0. The monoisotopic (exact) mass is 193 g/mol. The maximum absolute atomic E-state index is 6.88. The van der Waals surface area contributed by atoms with E-state index in [0.717, 1.165) is 5.56 Å². The van der Waals surface area contributed by atoms with Crippen LogP contribution in [-0.2, 0) is 0 Å². The zero-order chi connectivity index (χ0) is 10.7. The second-order valence-corrected chi connectivity index (χ2v) is 3.53. The van der Waals surface area contributed by atoms with Gasteiger partial charge in [-0.1, -0.05) is 54.1 Å². The van der Waals surface area contributed by atoms with Gasteiger partial charge in [0.15, 0.2) is 5.69 Å². The quantitative estimate of drug-likeness (QED) is 0.597. The molecule has 0 bridgehead atoms. The minimum Gasteiger partial charge on any atom is -0.238 e. The molecule has 1 heteroatoms. The largest absolute Gasteiger partial charge is 0.238 e. The van der Waals surface area contributed by atoms with Gasteiger partial charge < -0.3 is 0 Å². The summed E-state index contributed by atoms with van der Waals surface area (Å²) in [5.41, 5.74) is 4.30. The molecule has 0 aliphatic carbocycles. The Kier molecular flexibility index (Phi) is 2.51. The number of rotatable bonds is 1. The molecule has 0 aromatic heterocycles. The summed E-state index contributed by atoms with van der Waals surface area (Å²) in [7, 11) is 0. The van der Waals surface area contributed by atoms with Crippen molar-refractivity contribution >= 4 is 5.69 Å². The summed E-state index contributed by atoms with van der Waals surface area (Å²) in [6, 6.07) is 16.0. The minimum atomic E-state index is 0.686. The van der Waals surface area contributed by atoms with Crippen LogP contribution in [0.25, 0.3) is 16.0 Å². The molecule has 2 aromatic carbocycles. The molecule has 2 rings (SSSR count). The minimum absolute atomic E-state index is 0.686. The highest BCUT2D eigenvalue weighted by molar-refractivity contribution is 5.66. The van der Waals surface area contributed by atoms with Gasteiger partial charge in [-0.05, 0) is 18.1 Å². The van der Waals surface area contributed by atoms with Crippen LogP contribution in [0, 0.1) is 13.5 Å². The third-order valence-corrected chi connectivity index (χ3v) is 2.35. The fourth-order valence-corrected chi connectivity index (χ4v) is 1.55. The van der Waals surface area contributed by atoms with Gasteiger partial charge in [-0.15, -0.1) is 0 Å². The number of hydrogen-bond donors (Lipinski definition) is 0. The third kappa shape index (κ3) is 2.05. The van der Waals surface area contributed by atoms with Gasteiger partial charge in [0.2, 0.25) is 0 Å². The van der Waals surface area contributed by atoms with Crippen molar-refractivity contribution in [3.63, 3.8) is 0 Å². The molecular weight excluding hydrogens is 182 g/mol. The predicted octanol–water partition coefficient (Wildman–Crippen LogP) is 4.21. The van der Waals surface area contributed by atoms with Gasteiger partial charge in [0.1, 0.15) is 0 Å². The first kappa shape index (κ1) is 9.48. The van der Waals surface area contributed by atoms with E-state index in [1.807, 2.05) is 30.3 Å². The Bertz CT molecular complexity index is 504. The van der Waals surface area contributed by atoms with Gasteiger partial charge in [-0.2, -0.15) is 0 Å². The van der Waals surface area contributed by atoms with E-state index in [9.17, 15) is 0 Å². The smallest absolute Gasteiger partial charge is 0.187 e. The number of nitrogens with zero attached hydrogens (tertiary/aromatic N) is 1. The van der Waals surface area contributed by atoms with E-state index < -0.39 is 0 Å². The summed E-state index contributed by atoms with van der Waals surface area (Å²) < 4.78 is 0. The first-order chi connectivity index (χ1) is 7.29. The first-order valence-corrected chi connectivity index (χ1v) is 4.84. The van der Waals surface area contributed by atoms with Crippen LogP contribution in [0.2, 0.25) is 0 Å². The summed E-state index contributed by atoms with van der Waals surface area (Å²) in [4.78, 5) is 3.37. The van der Waals surface area contributed by atoms with Crippen molar-refractivity contribution in [2.75, 3.05) is 0 Å². The Hall–Kier alpha value is -2.07. The van der Waals surface area contributed by atoms with Crippen LogP contribution in [0.1, 0.15) is 5.56 Å². The molecule has 0 spiro atoms. The molecule has 0 fully saturated rings. The molecule has 0 radical (unpaired) electrons. The fourth-order valence-electron chi connectivity index (χ4n) is 1.55. The Morgan fingerprint density at radius 1 is 0.933 bits per heavy atom. The van der Waals surface area contributed by atoms with E-state index in [1.165, 1.54) is 11.1 Å². The number of aryl methyl sites for hydroxylation is 1. The van der Waals surface area contributed by atoms with Gasteiger partial charge in [-0.3, -0.25) is 0 Å². The van der Waals surface area contributed by atoms with E-state index >= 15 is 0 Å². The Labute approximate surface area is 89.8 Å². The van der Waals surface area contributed by atoms with E-state index in [4.69, 9.17) is 6.57 Å². The van der Waals surface area contributed by atoms with Gasteiger partial charge in [0.25, 0.3) is 0 Å². The van der Waals surface area contributed by atoms with Crippen molar-refractivity contribution in [3.8, 4) is 11.1 Å². The molecule has 0 heterocycles. The third-order valence-electron chi connectivity index (χ3n) is 2.35.